The summed E-state index contributed by atoms with van der Waals surface area (Å²) >= 11 is 0. The van der Waals surface area contributed by atoms with E-state index in [4.69, 9.17) is 5.73 Å². The van der Waals surface area contributed by atoms with Gasteiger partial charge in [-0.1, -0.05) is 19.4 Å². The standard InChI is InChI=1S/C16H26N2/c1-3-4-11-18(15-7-8-15)16-6-5-14(9-10-17)13(2)12-16/h5-6,12,15H,3-4,7-11,17H2,1-2H3. The van der Waals surface area contributed by atoms with Crippen LogP contribution in [0.25, 0.3) is 0 Å². The number of rotatable bonds is 7. The lowest BCUT2D eigenvalue weighted by molar-refractivity contribution is 0.712. The third-order valence-corrected chi connectivity index (χ3v) is 3.81. The second kappa shape index (κ2) is 6.24. The van der Waals surface area contributed by atoms with E-state index in [1.54, 1.807) is 0 Å². The molecule has 0 spiro atoms. The number of hydrogen-bond acceptors (Lipinski definition) is 2. The Morgan fingerprint density at radius 2 is 2.11 bits per heavy atom. The average Bonchev–Trinajstić information content (AvgIpc) is 3.17. The van der Waals surface area contributed by atoms with Gasteiger partial charge in [-0.2, -0.15) is 0 Å². The Kier molecular flexibility index (Phi) is 4.65. The second-order valence-corrected chi connectivity index (χ2v) is 5.43. The van der Waals surface area contributed by atoms with E-state index in [2.05, 4.69) is 36.9 Å². The van der Waals surface area contributed by atoms with Crippen LogP contribution in [0.3, 0.4) is 0 Å². The van der Waals surface area contributed by atoms with Gasteiger partial charge in [-0.05, 0) is 62.4 Å². The van der Waals surface area contributed by atoms with Crippen molar-refractivity contribution in [3.63, 3.8) is 0 Å². The third-order valence-electron chi connectivity index (χ3n) is 3.81. The molecule has 0 heterocycles. The molecule has 1 aromatic rings. The van der Waals surface area contributed by atoms with Gasteiger partial charge in [0, 0.05) is 18.3 Å². The summed E-state index contributed by atoms with van der Waals surface area (Å²) in [7, 11) is 0. The van der Waals surface area contributed by atoms with E-state index in [1.807, 2.05) is 0 Å². The summed E-state index contributed by atoms with van der Waals surface area (Å²) in [5, 5.41) is 0. The average molecular weight is 246 g/mol. The summed E-state index contributed by atoms with van der Waals surface area (Å²) in [6, 6.07) is 7.69. The summed E-state index contributed by atoms with van der Waals surface area (Å²) in [5.41, 5.74) is 9.83. The molecule has 0 aromatic heterocycles. The fourth-order valence-electron chi connectivity index (χ4n) is 2.53. The van der Waals surface area contributed by atoms with Crippen molar-refractivity contribution >= 4 is 5.69 Å². The molecular formula is C16H26N2. The molecule has 0 saturated heterocycles. The first-order chi connectivity index (χ1) is 8.76. The first kappa shape index (κ1) is 13.4. The number of benzene rings is 1. The number of unbranched alkanes of at least 4 members (excludes halogenated alkanes) is 1. The predicted molar refractivity (Wildman–Crippen MR) is 79.2 cm³/mol. The monoisotopic (exact) mass is 246 g/mol. The van der Waals surface area contributed by atoms with Crippen molar-refractivity contribution in [1.82, 2.24) is 0 Å². The highest BCUT2D eigenvalue weighted by atomic mass is 15.2. The van der Waals surface area contributed by atoms with Crippen LogP contribution in [-0.4, -0.2) is 19.1 Å². The molecule has 2 rings (SSSR count). The first-order valence-corrected chi connectivity index (χ1v) is 7.32. The minimum atomic E-state index is 0.738. The molecule has 100 valence electrons. The highest BCUT2D eigenvalue weighted by Gasteiger charge is 2.28. The summed E-state index contributed by atoms with van der Waals surface area (Å²) in [6.07, 6.45) is 6.29. The van der Waals surface area contributed by atoms with E-state index in [0.717, 1.165) is 19.0 Å². The van der Waals surface area contributed by atoms with E-state index in [0.29, 0.717) is 0 Å². The van der Waals surface area contributed by atoms with Crippen molar-refractivity contribution < 1.29 is 0 Å². The molecule has 0 radical (unpaired) electrons. The second-order valence-electron chi connectivity index (χ2n) is 5.43. The van der Waals surface area contributed by atoms with Crippen LogP contribution < -0.4 is 10.6 Å². The van der Waals surface area contributed by atoms with Crippen LogP contribution in [-0.2, 0) is 6.42 Å². The van der Waals surface area contributed by atoms with Crippen LogP contribution in [0.4, 0.5) is 5.69 Å². The maximum absolute atomic E-state index is 5.64. The highest BCUT2D eigenvalue weighted by Crippen LogP contribution is 2.32. The Hall–Kier alpha value is -1.02. The van der Waals surface area contributed by atoms with E-state index in [9.17, 15) is 0 Å². The van der Waals surface area contributed by atoms with Gasteiger partial charge in [0.2, 0.25) is 0 Å². The van der Waals surface area contributed by atoms with Crippen molar-refractivity contribution in [3.05, 3.63) is 29.3 Å². The fraction of sp³-hybridized carbons (Fsp3) is 0.625. The molecule has 2 N–H and O–H groups in total. The molecule has 0 amide bonds. The normalized spacial score (nSPS) is 14.8. The molecule has 18 heavy (non-hydrogen) atoms. The Labute approximate surface area is 111 Å². The zero-order valence-electron chi connectivity index (χ0n) is 11.8. The Morgan fingerprint density at radius 1 is 1.33 bits per heavy atom. The molecule has 0 aliphatic heterocycles. The number of nitrogens with zero attached hydrogens (tertiary/aromatic N) is 1. The molecule has 1 saturated carbocycles. The van der Waals surface area contributed by atoms with Gasteiger partial charge in [0.25, 0.3) is 0 Å². The van der Waals surface area contributed by atoms with Gasteiger partial charge in [0.1, 0.15) is 0 Å². The van der Waals surface area contributed by atoms with E-state index in [-0.39, 0.29) is 0 Å². The summed E-state index contributed by atoms with van der Waals surface area (Å²) in [4.78, 5) is 2.60. The topological polar surface area (TPSA) is 29.3 Å². The molecule has 1 aliphatic rings. The number of anilines is 1. The van der Waals surface area contributed by atoms with Crippen LogP contribution in [0.2, 0.25) is 0 Å². The van der Waals surface area contributed by atoms with Gasteiger partial charge in [-0.15, -0.1) is 0 Å². The van der Waals surface area contributed by atoms with Gasteiger partial charge in [0.15, 0.2) is 0 Å². The zero-order chi connectivity index (χ0) is 13.0. The Morgan fingerprint density at radius 3 is 2.67 bits per heavy atom. The van der Waals surface area contributed by atoms with Crippen molar-refractivity contribution in [2.45, 2.75) is 52.0 Å². The third kappa shape index (κ3) is 3.26. The molecule has 1 fully saturated rings. The zero-order valence-corrected chi connectivity index (χ0v) is 11.8. The van der Waals surface area contributed by atoms with Crippen LogP contribution >= 0.6 is 0 Å². The van der Waals surface area contributed by atoms with Crippen molar-refractivity contribution in [1.29, 1.82) is 0 Å². The number of nitrogens with two attached hydrogens (primary N) is 1. The smallest absolute Gasteiger partial charge is 0.0371 e. The molecule has 0 unspecified atom stereocenters. The van der Waals surface area contributed by atoms with Crippen LogP contribution in [0.1, 0.15) is 43.7 Å². The van der Waals surface area contributed by atoms with Crippen LogP contribution in [0, 0.1) is 6.92 Å². The van der Waals surface area contributed by atoms with E-state index >= 15 is 0 Å². The van der Waals surface area contributed by atoms with Crippen molar-refractivity contribution in [2.24, 2.45) is 5.73 Å². The lowest BCUT2D eigenvalue weighted by Crippen LogP contribution is -2.26. The Bertz CT molecular complexity index is 383. The number of hydrogen-bond donors (Lipinski definition) is 1. The van der Waals surface area contributed by atoms with Gasteiger partial charge in [-0.3, -0.25) is 0 Å². The van der Waals surface area contributed by atoms with Crippen molar-refractivity contribution in [3.8, 4) is 0 Å². The minimum absolute atomic E-state index is 0.738. The van der Waals surface area contributed by atoms with Crippen LogP contribution in [0.15, 0.2) is 18.2 Å². The molecule has 1 aliphatic carbocycles. The van der Waals surface area contributed by atoms with Crippen molar-refractivity contribution in [2.75, 3.05) is 18.0 Å². The first-order valence-electron chi connectivity index (χ1n) is 7.32. The van der Waals surface area contributed by atoms with E-state index < -0.39 is 0 Å². The maximum atomic E-state index is 5.64. The summed E-state index contributed by atoms with van der Waals surface area (Å²) in [5.74, 6) is 0. The maximum Gasteiger partial charge on any atom is 0.0371 e. The van der Waals surface area contributed by atoms with Gasteiger partial charge >= 0.3 is 0 Å². The van der Waals surface area contributed by atoms with Gasteiger partial charge in [-0.25, -0.2) is 0 Å². The lowest BCUT2D eigenvalue weighted by atomic mass is 10.0. The highest BCUT2D eigenvalue weighted by molar-refractivity contribution is 5.52. The number of aryl methyl sites for hydroxylation is 1. The molecule has 2 nitrogen and oxygen atoms in total. The SMILES string of the molecule is CCCCN(c1ccc(CCN)c(C)c1)C1CC1. The van der Waals surface area contributed by atoms with E-state index in [1.165, 1.54) is 49.0 Å². The quantitative estimate of drug-likeness (QED) is 0.800. The molecule has 0 bridgehead atoms. The van der Waals surface area contributed by atoms with Crippen LogP contribution in [0.5, 0.6) is 0 Å². The molecule has 1 aromatic carbocycles. The largest absolute Gasteiger partial charge is 0.369 e. The Balaban J connectivity index is 2.12. The summed E-state index contributed by atoms with van der Waals surface area (Å²) in [6.45, 7) is 6.42. The molecular weight excluding hydrogens is 220 g/mol. The molecule has 0 atom stereocenters. The minimum Gasteiger partial charge on any atom is -0.369 e. The predicted octanol–water partition coefficient (Wildman–Crippen LogP) is 3.27. The fourth-order valence-corrected chi connectivity index (χ4v) is 2.53. The summed E-state index contributed by atoms with van der Waals surface area (Å²) < 4.78 is 0. The van der Waals surface area contributed by atoms with Gasteiger partial charge in [0.05, 0.1) is 0 Å². The van der Waals surface area contributed by atoms with Gasteiger partial charge < -0.3 is 10.6 Å². The molecule has 2 heteroatoms. The lowest BCUT2D eigenvalue weighted by Gasteiger charge is -2.25.